The molecule has 0 amide bonds. The Hall–Kier alpha value is -2.75. The molecule has 2 N–H and O–H groups in total. The van der Waals surface area contributed by atoms with Crippen LogP contribution < -0.4 is 10.5 Å². The minimum Gasteiger partial charge on any atom is -0.493 e. The highest BCUT2D eigenvalue weighted by Crippen LogP contribution is 2.26. The van der Waals surface area contributed by atoms with Gasteiger partial charge in [0, 0.05) is 11.1 Å². The molecule has 0 aliphatic carbocycles. The molecule has 1 aromatic heterocycles. The Bertz CT molecular complexity index is 820. The van der Waals surface area contributed by atoms with Gasteiger partial charge in [-0.05, 0) is 42.8 Å². The van der Waals surface area contributed by atoms with Crippen molar-refractivity contribution in [2.45, 2.75) is 13.3 Å². The molecule has 22 heavy (non-hydrogen) atoms. The summed E-state index contributed by atoms with van der Waals surface area (Å²) < 4.78 is 11.3. The zero-order chi connectivity index (χ0) is 15.5. The lowest BCUT2D eigenvalue weighted by Gasteiger charge is -2.08. The van der Waals surface area contributed by atoms with Crippen molar-refractivity contribution >= 4 is 22.4 Å². The van der Waals surface area contributed by atoms with E-state index in [1.165, 1.54) is 0 Å². The first-order chi connectivity index (χ1) is 10.7. The number of carbonyl (C=O) groups excluding carboxylic acids is 1. The van der Waals surface area contributed by atoms with E-state index in [4.69, 9.17) is 14.9 Å². The van der Waals surface area contributed by atoms with Crippen LogP contribution in [0.15, 0.2) is 52.9 Å². The molecule has 3 rings (SSSR count). The van der Waals surface area contributed by atoms with Crippen LogP contribution in [0.5, 0.6) is 5.75 Å². The van der Waals surface area contributed by atoms with E-state index in [2.05, 4.69) is 0 Å². The van der Waals surface area contributed by atoms with Crippen molar-refractivity contribution in [3.63, 3.8) is 0 Å². The topological polar surface area (TPSA) is 65.5 Å². The van der Waals surface area contributed by atoms with Gasteiger partial charge < -0.3 is 14.9 Å². The summed E-state index contributed by atoms with van der Waals surface area (Å²) in [5.41, 5.74) is 7.54. The molecule has 0 spiro atoms. The second-order valence-electron chi connectivity index (χ2n) is 5.08. The molecule has 3 aromatic rings. The third-order valence-electron chi connectivity index (χ3n) is 3.36. The number of anilines is 1. The van der Waals surface area contributed by atoms with E-state index in [-0.39, 0.29) is 11.5 Å². The molecular weight excluding hydrogens is 278 g/mol. The van der Waals surface area contributed by atoms with Crippen molar-refractivity contribution in [3.05, 3.63) is 59.9 Å². The Morgan fingerprint density at radius 1 is 1.18 bits per heavy atom. The van der Waals surface area contributed by atoms with E-state index in [1.54, 1.807) is 36.4 Å². The SMILES string of the molecule is CCCOc1ccccc1C(=O)c1cc2cc(N)ccc2o1. The lowest BCUT2D eigenvalue weighted by molar-refractivity contribution is 0.101. The van der Waals surface area contributed by atoms with E-state index in [0.717, 1.165) is 11.8 Å². The zero-order valence-electron chi connectivity index (χ0n) is 12.3. The summed E-state index contributed by atoms with van der Waals surface area (Å²) in [5, 5.41) is 0.815. The van der Waals surface area contributed by atoms with Gasteiger partial charge in [-0.3, -0.25) is 4.79 Å². The molecule has 4 heteroatoms. The predicted molar refractivity (Wildman–Crippen MR) is 86.3 cm³/mol. The number of ketones is 1. The van der Waals surface area contributed by atoms with Crippen LogP contribution in [0.2, 0.25) is 0 Å². The van der Waals surface area contributed by atoms with Gasteiger partial charge in [0.05, 0.1) is 12.2 Å². The Morgan fingerprint density at radius 3 is 2.82 bits per heavy atom. The fourth-order valence-electron chi connectivity index (χ4n) is 2.30. The first-order valence-corrected chi connectivity index (χ1v) is 7.24. The molecule has 1 heterocycles. The van der Waals surface area contributed by atoms with Crippen molar-refractivity contribution in [2.75, 3.05) is 12.3 Å². The van der Waals surface area contributed by atoms with Crippen molar-refractivity contribution in [2.24, 2.45) is 0 Å². The summed E-state index contributed by atoms with van der Waals surface area (Å²) in [5.74, 6) is 0.670. The molecule has 0 aliphatic rings. The Labute approximate surface area is 128 Å². The molecule has 4 nitrogen and oxygen atoms in total. The number of hydrogen-bond acceptors (Lipinski definition) is 4. The Morgan fingerprint density at radius 2 is 2.00 bits per heavy atom. The van der Waals surface area contributed by atoms with E-state index < -0.39 is 0 Å². The van der Waals surface area contributed by atoms with Crippen molar-refractivity contribution in [1.29, 1.82) is 0 Å². The van der Waals surface area contributed by atoms with Crippen molar-refractivity contribution in [3.8, 4) is 5.75 Å². The van der Waals surface area contributed by atoms with Crippen LogP contribution in [-0.4, -0.2) is 12.4 Å². The van der Waals surface area contributed by atoms with Gasteiger partial charge in [0.25, 0.3) is 0 Å². The summed E-state index contributed by atoms with van der Waals surface area (Å²) in [6.07, 6.45) is 0.881. The highest BCUT2D eigenvalue weighted by molar-refractivity contribution is 6.10. The van der Waals surface area contributed by atoms with Crippen LogP contribution in [0.3, 0.4) is 0 Å². The third kappa shape index (κ3) is 2.68. The van der Waals surface area contributed by atoms with Gasteiger partial charge in [0.2, 0.25) is 5.78 Å². The molecule has 0 saturated heterocycles. The van der Waals surface area contributed by atoms with Crippen molar-refractivity contribution in [1.82, 2.24) is 0 Å². The van der Waals surface area contributed by atoms with Crippen molar-refractivity contribution < 1.29 is 13.9 Å². The van der Waals surface area contributed by atoms with Crippen LogP contribution in [-0.2, 0) is 0 Å². The second-order valence-corrected chi connectivity index (χ2v) is 5.08. The molecule has 0 atom stereocenters. The van der Waals surface area contributed by atoms with Crippen LogP contribution in [0.4, 0.5) is 5.69 Å². The minimum atomic E-state index is -0.193. The number of hydrogen-bond donors (Lipinski definition) is 1. The fourth-order valence-corrected chi connectivity index (χ4v) is 2.30. The van der Waals surface area contributed by atoms with E-state index >= 15 is 0 Å². The average Bonchev–Trinajstić information content (AvgIpc) is 2.95. The van der Waals surface area contributed by atoms with Gasteiger partial charge in [0.1, 0.15) is 11.3 Å². The van der Waals surface area contributed by atoms with Gasteiger partial charge in [-0.2, -0.15) is 0 Å². The molecular formula is C18H17NO3. The monoisotopic (exact) mass is 295 g/mol. The Kier molecular flexibility index (Phi) is 3.83. The smallest absolute Gasteiger partial charge is 0.231 e. The number of nitrogens with two attached hydrogens (primary N) is 1. The molecule has 0 radical (unpaired) electrons. The standard InChI is InChI=1S/C18H17NO3/c1-2-9-21-16-6-4-3-5-14(16)18(20)17-11-12-10-13(19)7-8-15(12)22-17/h3-8,10-11H,2,9,19H2,1H3. The summed E-state index contributed by atoms with van der Waals surface area (Å²) in [7, 11) is 0. The predicted octanol–water partition coefficient (Wildman–Crippen LogP) is 4.03. The lowest BCUT2D eigenvalue weighted by Crippen LogP contribution is -2.05. The first-order valence-electron chi connectivity index (χ1n) is 7.24. The highest BCUT2D eigenvalue weighted by Gasteiger charge is 2.18. The molecule has 112 valence electrons. The lowest BCUT2D eigenvalue weighted by atomic mass is 10.1. The average molecular weight is 295 g/mol. The van der Waals surface area contributed by atoms with E-state index in [9.17, 15) is 4.79 Å². The maximum absolute atomic E-state index is 12.7. The number of nitrogen functional groups attached to an aromatic ring is 1. The molecule has 0 fully saturated rings. The van der Waals surface area contributed by atoms with Gasteiger partial charge in [-0.1, -0.05) is 19.1 Å². The summed E-state index contributed by atoms with van der Waals surface area (Å²) in [6.45, 7) is 2.59. The summed E-state index contributed by atoms with van der Waals surface area (Å²) in [6, 6.07) is 14.2. The maximum atomic E-state index is 12.7. The van der Waals surface area contributed by atoms with Gasteiger partial charge >= 0.3 is 0 Å². The molecule has 0 unspecified atom stereocenters. The minimum absolute atomic E-state index is 0.193. The first kappa shape index (κ1) is 14.2. The number of benzene rings is 2. The van der Waals surface area contributed by atoms with Gasteiger partial charge in [0.15, 0.2) is 5.76 Å². The Balaban J connectivity index is 1.98. The molecule has 0 bridgehead atoms. The third-order valence-corrected chi connectivity index (χ3v) is 3.36. The van der Waals surface area contributed by atoms with Crippen LogP contribution in [0, 0.1) is 0 Å². The number of ether oxygens (including phenoxy) is 1. The molecule has 0 saturated carbocycles. The number of para-hydroxylation sites is 1. The fraction of sp³-hybridized carbons (Fsp3) is 0.167. The van der Waals surface area contributed by atoms with Crippen LogP contribution in [0.1, 0.15) is 29.5 Å². The quantitative estimate of drug-likeness (QED) is 0.570. The number of furan rings is 1. The summed E-state index contributed by atoms with van der Waals surface area (Å²) in [4.78, 5) is 12.7. The number of rotatable bonds is 5. The van der Waals surface area contributed by atoms with Gasteiger partial charge in [-0.25, -0.2) is 0 Å². The molecule has 2 aromatic carbocycles. The van der Waals surface area contributed by atoms with E-state index in [1.807, 2.05) is 19.1 Å². The van der Waals surface area contributed by atoms with Gasteiger partial charge in [-0.15, -0.1) is 0 Å². The number of carbonyl (C=O) groups is 1. The maximum Gasteiger partial charge on any atom is 0.231 e. The largest absolute Gasteiger partial charge is 0.493 e. The molecule has 0 aliphatic heterocycles. The second kappa shape index (κ2) is 5.93. The highest BCUT2D eigenvalue weighted by atomic mass is 16.5. The van der Waals surface area contributed by atoms with Crippen LogP contribution in [0.25, 0.3) is 11.0 Å². The summed E-state index contributed by atoms with van der Waals surface area (Å²) >= 11 is 0. The number of fused-ring (bicyclic) bond motifs is 1. The van der Waals surface area contributed by atoms with E-state index in [0.29, 0.717) is 29.2 Å². The van der Waals surface area contributed by atoms with Crippen LogP contribution >= 0.6 is 0 Å². The normalized spacial score (nSPS) is 10.8. The zero-order valence-corrected chi connectivity index (χ0v) is 12.3.